The van der Waals surface area contributed by atoms with Gasteiger partial charge in [-0.1, -0.05) is 57.2 Å². The van der Waals surface area contributed by atoms with Crippen LogP contribution in [0.5, 0.6) is 5.75 Å². The first-order valence-electron chi connectivity index (χ1n) is 11.1. The van der Waals surface area contributed by atoms with Crippen LogP contribution in [-0.4, -0.2) is 30.6 Å². The second kappa shape index (κ2) is 9.65. The van der Waals surface area contributed by atoms with E-state index in [0.717, 1.165) is 24.8 Å². The highest BCUT2D eigenvalue weighted by Gasteiger charge is 2.34. The largest absolute Gasteiger partial charge is 0.573 e. The summed E-state index contributed by atoms with van der Waals surface area (Å²) in [6.45, 7) is 7.04. The fourth-order valence-corrected chi connectivity index (χ4v) is 4.60. The fourth-order valence-electron chi connectivity index (χ4n) is 4.60. The number of carbonyl (C=O) groups is 1. The quantitative estimate of drug-likeness (QED) is 0.508. The van der Waals surface area contributed by atoms with Crippen molar-refractivity contribution < 1.29 is 22.7 Å². The van der Waals surface area contributed by atoms with Crippen molar-refractivity contribution in [3.8, 4) is 5.75 Å². The molecule has 3 nitrogen and oxygen atoms in total. The minimum Gasteiger partial charge on any atom is -0.406 e. The molecule has 0 radical (unpaired) electrons. The van der Waals surface area contributed by atoms with E-state index < -0.39 is 6.36 Å². The molecule has 2 atom stereocenters. The number of likely N-dealkylation sites (tertiary alicyclic amines) is 1. The van der Waals surface area contributed by atoms with Crippen LogP contribution in [0.1, 0.15) is 62.8 Å². The van der Waals surface area contributed by atoms with Gasteiger partial charge in [-0.3, -0.25) is 9.69 Å². The molecular weight excluding hydrogens is 415 g/mol. The molecule has 2 aromatic carbocycles. The fraction of sp³-hybridized carbons (Fsp3) is 0.500. The maximum absolute atomic E-state index is 12.3. The van der Waals surface area contributed by atoms with E-state index in [9.17, 15) is 18.0 Å². The van der Waals surface area contributed by atoms with Crippen molar-refractivity contribution in [2.75, 3.05) is 13.6 Å². The van der Waals surface area contributed by atoms with E-state index in [0.29, 0.717) is 13.0 Å². The number of nitrogens with zero attached hydrogens (tertiary/aromatic N) is 1. The number of likely N-dealkylation sites (N-methyl/N-ethyl adjacent to an activating group) is 1. The molecule has 2 aromatic rings. The maximum Gasteiger partial charge on any atom is 0.573 e. The lowest BCUT2D eigenvalue weighted by atomic mass is 9.80. The normalized spacial score (nSPS) is 20.4. The number of halogens is 3. The van der Waals surface area contributed by atoms with E-state index in [1.807, 2.05) is 7.05 Å². The lowest BCUT2D eigenvalue weighted by molar-refractivity contribution is -0.274. The van der Waals surface area contributed by atoms with Gasteiger partial charge >= 0.3 is 6.36 Å². The van der Waals surface area contributed by atoms with Crippen molar-refractivity contribution in [2.45, 2.75) is 64.3 Å². The smallest absolute Gasteiger partial charge is 0.406 e. The molecule has 1 unspecified atom stereocenters. The minimum atomic E-state index is -4.68. The number of rotatable bonds is 6. The van der Waals surface area contributed by atoms with E-state index in [4.69, 9.17) is 0 Å². The Balaban J connectivity index is 1.64. The van der Waals surface area contributed by atoms with Gasteiger partial charge in [0.2, 0.25) is 0 Å². The van der Waals surface area contributed by atoms with Gasteiger partial charge in [0.15, 0.2) is 0 Å². The number of ether oxygens (including phenoxy) is 1. The van der Waals surface area contributed by atoms with E-state index in [1.165, 1.54) is 23.3 Å². The number of alkyl halides is 3. The standard InChI is InChI=1S/C26H32F3NO2/c1-25(2,3)21-12-10-19(11-13-21)24-20(16-22(31)17-30(24)4)7-5-6-18-8-14-23(15-9-18)32-26(27,28)29/h8-15,20,24H,5-7,16-17H2,1-4H3/t20?,24-/m0/s1. The lowest BCUT2D eigenvalue weighted by Crippen LogP contribution is -2.41. The third-order valence-electron chi connectivity index (χ3n) is 6.15. The number of piperidine rings is 1. The molecule has 1 heterocycles. The van der Waals surface area contributed by atoms with Crippen LogP contribution in [0.25, 0.3) is 0 Å². The second-order valence-electron chi connectivity index (χ2n) is 9.82. The second-order valence-corrected chi connectivity index (χ2v) is 9.82. The highest BCUT2D eigenvalue weighted by atomic mass is 19.4. The number of hydrogen-bond donors (Lipinski definition) is 0. The van der Waals surface area contributed by atoms with Gasteiger partial charge in [0, 0.05) is 12.5 Å². The number of Topliss-reactive ketones (excluding diaryl/α,β-unsaturated/α-hetero) is 1. The Morgan fingerprint density at radius 2 is 1.62 bits per heavy atom. The van der Waals surface area contributed by atoms with Crippen LogP contribution in [0.15, 0.2) is 48.5 Å². The minimum absolute atomic E-state index is 0.0903. The van der Waals surface area contributed by atoms with Gasteiger partial charge in [-0.05, 0) is 66.5 Å². The van der Waals surface area contributed by atoms with E-state index in [1.54, 1.807) is 12.1 Å². The molecule has 0 aliphatic carbocycles. The Morgan fingerprint density at radius 3 is 2.19 bits per heavy atom. The van der Waals surface area contributed by atoms with Crippen LogP contribution in [0, 0.1) is 5.92 Å². The van der Waals surface area contributed by atoms with Crippen molar-refractivity contribution in [3.05, 3.63) is 65.2 Å². The van der Waals surface area contributed by atoms with Gasteiger partial charge in [-0.15, -0.1) is 13.2 Å². The van der Waals surface area contributed by atoms with Crippen LogP contribution < -0.4 is 4.74 Å². The first-order valence-corrected chi connectivity index (χ1v) is 11.1. The van der Waals surface area contributed by atoms with Gasteiger partial charge in [0.25, 0.3) is 0 Å². The third-order valence-corrected chi connectivity index (χ3v) is 6.15. The Labute approximate surface area is 188 Å². The number of benzene rings is 2. The molecule has 1 aliphatic rings. The molecule has 0 aromatic heterocycles. The number of ketones is 1. The molecule has 0 saturated carbocycles. The first kappa shape index (κ1) is 24.3. The van der Waals surface area contributed by atoms with E-state index in [-0.39, 0.29) is 28.9 Å². The first-order chi connectivity index (χ1) is 14.9. The number of carbonyl (C=O) groups excluding carboxylic acids is 1. The zero-order valence-corrected chi connectivity index (χ0v) is 19.2. The van der Waals surface area contributed by atoms with Gasteiger partial charge in [0.1, 0.15) is 11.5 Å². The molecule has 6 heteroatoms. The van der Waals surface area contributed by atoms with Crippen LogP contribution in [0.4, 0.5) is 13.2 Å². The number of aryl methyl sites for hydroxylation is 1. The SMILES string of the molecule is CN1CC(=O)CC(CCCc2ccc(OC(F)(F)F)cc2)[C@@H]1c1ccc(C(C)(C)C)cc1. The van der Waals surface area contributed by atoms with Crippen molar-refractivity contribution in [1.82, 2.24) is 4.90 Å². The Bertz CT molecular complexity index is 899. The monoisotopic (exact) mass is 447 g/mol. The maximum atomic E-state index is 12.3. The predicted molar refractivity (Wildman–Crippen MR) is 120 cm³/mol. The zero-order chi connectivity index (χ0) is 23.5. The molecule has 0 N–H and O–H groups in total. The highest BCUT2D eigenvalue weighted by Crippen LogP contribution is 2.38. The summed E-state index contributed by atoms with van der Waals surface area (Å²) in [7, 11) is 2.01. The summed E-state index contributed by atoms with van der Waals surface area (Å²) in [5, 5.41) is 0. The summed E-state index contributed by atoms with van der Waals surface area (Å²) < 4.78 is 40.9. The van der Waals surface area contributed by atoms with E-state index in [2.05, 4.69) is 54.7 Å². The molecule has 32 heavy (non-hydrogen) atoms. The molecule has 1 saturated heterocycles. The topological polar surface area (TPSA) is 29.5 Å². The zero-order valence-electron chi connectivity index (χ0n) is 19.2. The van der Waals surface area contributed by atoms with Gasteiger partial charge < -0.3 is 4.74 Å². The Hall–Kier alpha value is -2.34. The summed E-state index contributed by atoms with van der Waals surface area (Å²) in [5.41, 5.74) is 3.56. The third kappa shape index (κ3) is 6.58. The highest BCUT2D eigenvalue weighted by molar-refractivity contribution is 5.81. The van der Waals surface area contributed by atoms with Crippen molar-refractivity contribution in [1.29, 1.82) is 0 Å². The van der Waals surface area contributed by atoms with Crippen LogP contribution in [0.2, 0.25) is 0 Å². The van der Waals surface area contributed by atoms with Crippen LogP contribution in [0.3, 0.4) is 0 Å². The average Bonchev–Trinajstić information content (AvgIpc) is 2.67. The van der Waals surface area contributed by atoms with E-state index >= 15 is 0 Å². The van der Waals surface area contributed by atoms with Crippen molar-refractivity contribution >= 4 is 5.78 Å². The molecule has 1 aliphatic heterocycles. The van der Waals surface area contributed by atoms with Crippen molar-refractivity contribution in [3.63, 3.8) is 0 Å². The van der Waals surface area contributed by atoms with Crippen molar-refractivity contribution in [2.24, 2.45) is 5.92 Å². The molecule has 0 bridgehead atoms. The summed E-state index contributed by atoms with van der Waals surface area (Å²) in [6.07, 6.45) is -1.63. The van der Waals surface area contributed by atoms with Gasteiger partial charge in [-0.25, -0.2) is 0 Å². The molecule has 174 valence electrons. The van der Waals surface area contributed by atoms with Crippen LogP contribution >= 0.6 is 0 Å². The van der Waals surface area contributed by atoms with Gasteiger partial charge in [-0.2, -0.15) is 0 Å². The lowest BCUT2D eigenvalue weighted by Gasteiger charge is -2.39. The summed E-state index contributed by atoms with van der Waals surface area (Å²) >= 11 is 0. The van der Waals surface area contributed by atoms with Gasteiger partial charge in [0.05, 0.1) is 6.54 Å². The summed E-state index contributed by atoms with van der Waals surface area (Å²) in [5.74, 6) is 0.266. The molecule has 0 spiro atoms. The summed E-state index contributed by atoms with van der Waals surface area (Å²) in [4.78, 5) is 14.4. The molecule has 0 amide bonds. The van der Waals surface area contributed by atoms with Crippen LogP contribution in [-0.2, 0) is 16.6 Å². The summed E-state index contributed by atoms with van der Waals surface area (Å²) in [6, 6.07) is 14.9. The molecule has 1 fully saturated rings. The average molecular weight is 448 g/mol. The molecular formula is C26H32F3NO2. The predicted octanol–water partition coefficient (Wildman–Crippen LogP) is 6.47. The molecule has 3 rings (SSSR count). The number of hydrogen-bond acceptors (Lipinski definition) is 3. The Morgan fingerprint density at radius 1 is 1.00 bits per heavy atom. The Kier molecular flexibility index (Phi) is 7.33.